The molecule has 0 bridgehead atoms. The molecule has 1 aromatic heterocycles. The first-order chi connectivity index (χ1) is 11.1. The van der Waals surface area contributed by atoms with Crippen molar-refractivity contribution in [2.75, 3.05) is 5.75 Å². The van der Waals surface area contributed by atoms with Crippen LogP contribution in [0.25, 0.3) is 0 Å². The second-order valence-corrected chi connectivity index (χ2v) is 7.71. The van der Waals surface area contributed by atoms with Crippen molar-refractivity contribution in [1.29, 1.82) is 0 Å². The molecule has 1 fully saturated rings. The SMILES string of the molecule is O=C(CCCCC1CCSNS1)NC(Cc1cnc[nH]1)C(=O)O. The van der Waals surface area contributed by atoms with E-state index in [9.17, 15) is 14.7 Å². The molecule has 2 atom stereocenters. The first kappa shape index (κ1) is 18.2. The van der Waals surface area contributed by atoms with E-state index in [1.54, 1.807) is 30.1 Å². The molecular formula is C14H22N4O3S2. The van der Waals surface area contributed by atoms with Crippen molar-refractivity contribution in [3.05, 3.63) is 18.2 Å². The van der Waals surface area contributed by atoms with Gasteiger partial charge in [-0.15, -0.1) is 0 Å². The third kappa shape index (κ3) is 6.84. The lowest BCUT2D eigenvalue weighted by atomic mass is 10.1. The standard InChI is InChI=1S/C14H22N4O3S2/c19-13(4-2-1-3-11-5-6-22-18-23-11)17-12(14(20)21)7-10-8-15-9-16-10/h8-9,11-12,18H,1-7H2,(H,15,16)(H,17,19)(H,20,21). The maximum Gasteiger partial charge on any atom is 0.326 e. The van der Waals surface area contributed by atoms with Gasteiger partial charge in [0.1, 0.15) is 6.04 Å². The Bertz CT molecular complexity index is 492. The van der Waals surface area contributed by atoms with Crippen LogP contribution < -0.4 is 9.44 Å². The lowest BCUT2D eigenvalue weighted by Gasteiger charge is -2.20. The Morgan fingerprint density at radius 1 is 1.48 bits per heavy atom. The number of carbonyl (C=O) groups excluding carboxylic acids is 1. The average molecular weight is 358 g/mol. The summed E-state index contributed by atoms with van der Waals surface area (Å²) in [4.78, 5) is 29.9. The fraction of sp³-hybridized carbons (Fsp3) is 0.643. The quantitative estimate of drug-likeness (QED) is 0.393. The molecule has 1 saturated heterocycles. The molecule has 0 aromatic carbocycles. The van der Waals surface area contributed by atoms with Crippen LogP contribution in [-0.2, 0) is 16.0 Å². The van der Waals surface area contributed by atoms with E-state index in [1.165, 1.54) is 12.7 Å². The van der Waals surface area contributed by atoms with Gasteiger partial charge in [0, 0.05) is 35.7 Å². The van der Waals surface area contributed by atoms with Crippen LogP contribution in [0.15, 0.2) is 12.5 Å². The smallest absolute Gasteiger partial charge is 0.326 e. The summed E-state index contributed by atoms with van der Waals surface area (Å²) in [5.41, 5.74) is 0.692. The minimum absolute atomic E-state index is 0.207. The molecule has 7 nitrogen and oxygen atoms in total. The first-order valence-electron chi connectivity index (χ1n) is 7.67. The molecule has 128 valence electrons. The molecule has 0 aliphatic carbocycles. The average Bonchev–Trinajstić information content (AvgIpc) is 3.05. The van der Waals surface area contributed by atoms with E-state index in [0.29, 0.717) is 17.4 Å². The Balaban J connectivity index is 1.64. The predicted octanol–water partition coefficient (Wildman–Crippen LogP) is 1.74. The number of rotatable bonds is 9. The van der Waals surface area contributed by atoms with Crippen molar-refractivity contribution in [2.45, 2.75) is 49.8 Å². The van der Waals surface area contributed by atoms with Gasteiger partial charge in [-0.2, -0.15) is 0 Å². The zero-order valence-corrected chi connectivity index (χ0v) is 14.4. The van der Waals surface area contributed by atoms with E-state index < -0.39 is 12.0 Å². The molecule has 4 N–H and O–H groups in total. The van der Waals surface area contributed by atoms with E-state index in [4.69, 9.17) is 0 Å². The molecular weight excluding hydrogens is 336 g/mol. The van der Waals surface area contributed by atoms with Gasteiger partial charge in [0.2, 0.25) is 5.91 Å². The first-order valence-corrected chi connectivity index (χ1v) is 9.53. The number of hydrogen-bond acceptors (Lipinski definition) is 6. The number of H-pyrrole nitrogens is 1. The highest BCUT2D eigenvalue weighted by Crippen LogP contribution is 2.26. The lowest BCUT2D eigenvalue weighted by molar-refractivity contribution is -0.141. The number of nitrogens with zero attached hydrogens (tertiary/aromatic N) is 1. The summed E-state index contributed by atoms with van der Waals surface area (Å²) in [6.07, 6.45) is 7.68. The number of carbonyl (C=O) groups is 2. The van der Waals surface area contributed by atoms with E-state index in [1.807, 2.05) is 0 Å². The van der Waals surface area contributed by atoms with Gasteiger partial charge >= 0.3 is 5.97 Å². The molecule has 1 amide bonds. The second-order valence-electron chi connectivity index (χ2n) is 5.45. The largest absolute Gasteiger partial charge is 0.480 e. The zero-order valence-electron chi connectivity index (χ0n) is 12.8. The van der Waals surface area contributed by atoms with Gasteiger partial charge in [-0.3, -0.25) is 4.79 Å². The Hall–Kier alpha value is -1.19. The summed E-state index contributed by atoms with van der Waals surface area (Å²) in [6.45, 7) is 0. The van der Waals surface area contributed by atoms with Crippen molar-refractivity contribution in [2.24, 2.45) is 0 Å². The van der Waals surface area contributed by atoms with Crippen LogP contribution in [0, 0.1) is 0 Å². The maximum atomic E-state index is 11.9. The third-order valence-corrected chi connectivity index (χ3v) is 5.71. The van der Waals surface area contributed by atoms with Crippen molar-refractivity contribution >= 4 is 35.8 Å². The summed E-state index contributed by atoms with van der Waals surface area (Å²) in [7, 11) is 0. The minimum atomic E-state index is -1.03. The molecule has 23 heavy (non-hydrogen) atoms. The fourth-order valence-corrected chi connectivity index (χ4v) is 4.56. The number of nitrogens with one attached hydrogen (secondary N) is 3. The third-order valence-electron chi connectivity index (χ3n) is 3.61. The maximum absolute atomic E-state index is 11.9. The van der Waals surface area contributed by atoms with E-state index in [2.05, 4.69) is 19.4 Å². The molecule has 1 aliphatic heterocycles. The highest BCUT2D eigenvalue weighted by atomic mass is 32.2. The highest BCUT2D eigenvalue weighted by Gasteiger charge is 2.21. The van der Waals surface area contributed by atoms with E-state index >= 15 is 0 Å². The summed E-state index contributed by atoms with van der Waals surface area (Å²) in [5, 5.41) is 12.4. The van der Waals surface area contributed by atoms with Crippen LogP contribution in [0.1, 0.15) is 37.8 Å². The molecule has 2 unspecified atom stereocenters. The molecule has 0 radical (unpaired) electrons. The number of amides is 1. The van der Waals surface area contributed by atoms with Crippen LogP contribution in [0.2, 0.25) is 0 Å². The van der Waals surface area contributed by atoms with Gasteiger partial charge in [-0.1, -0.05) is 30.3 Å². The van der Waals surface area contributed by atoms with Crippen LogP contribution >= 0.6 is 23.9 Å². The van der Waals surface area contributed by atoms with Crippen molar-refractivity contribution in [3.8, 4) is 0 Å². The molecule has 0 saturated carbocycles. The van der Waals surface area contributed by atoms with Crippen molar-refractivity contribution in [3.63, 3.8) is 0 Å². The number of aromatic amines is 1. The van der Waals surface area contributed by atoms with Gasteiger partial charge in [-0.25, -0.2) is 13.9 Å². The molecule has 2 heterocycles. The van der Waals surface area contributed by atoms with Crippen LogP contribution in [0.4, 0.5) is 0 Å². The fourth-order valence-electron chi connectivity index (χ4n) is 2.34. The van der Waals surface area contributed by atoms with Gasteiger partial charge in [-0.05, 0) is 19.3 Å². The Labute approximate surface area is 144 Å². The Morgan fingerprint density at radius 2 is 2.35 bits per heavy atom. The lowest BCUT2D eigenvalue weighted by Crippen LogP contribution is -2.42. The molecule has 1 aromatic rings. The van der Waals surface area contributed by atoms with Gasteiger partial charge in [0.25, 0.3) is 0 Å². The molecule has 2 rings (SSSR count). The Morgan fingerprint density at radius 3 is 3.00 bits per heavy atom. The van der Waals surface area contributed by atoms with Crippen LogP contribution in [-0.4, -0.2) is 44.0 Å². The second kappa shape index (κ2) is 9.84. The number of unbranched alkanes of at least 4 members (excludes halogenated alkanes) is 1. The van der Waals surface area contributed by atoms with E-state index in [-0.39, 0.29) is 12.3 Å². The number of aliphatic carboxylic acids is 1. The van der Waals surface area contributed by atoms with Gasteiger partial charge < -0.3 is 15.4 Å². The van der Waals surface area contributed by atoms with Gasteiger partial charge in [0.15, 0.2) is 0 Å². The van der Waals surface area contributed by atoms with Crippen LogP contribution in [0.3, 0.4) is 0 Å². The molecule has 1 aliphatic rings. The summed E-state index contributed by atoms with van der Waals surface area (Å²) in [6, 6.07) is -0.918. The molecule has 0 spiro atoms. The normalized spacial score (nSPS) is 19.2. The summed E-state index contributed by atoms with van der Waals surface area (Å²) >= 11 is 3.50. The number of carboxylic acids is 1. The van der Waals surface area contributed by atoms with Crippen LogP contribution in [0.5, 0.6) is 0 Å². The van der Waals surface area contributed by atoms with Crippen molar-refractivity contribution in [1.82, 2.24) is 19.4 Å². The zero-order chi connectivity index (χ0) is 16.5. The minimum Gasteiger partial charge on any atom is -0.480 e. The summed E-state index contributed by atoms with van der Waals surface area (Å²) < 4.78 is 3.22. The molecule has 9 heteroatoms. The topological polar surface area (TPSA) is 107 Å². The highest BCUT2D eigenvalue weighted by molar-refractivity contribution is 8.13. The number of imidazole rings is 1. The number of carboxylic acid groups (broad SMARTS) is 1. The number of aromatic nitrogens is 2. The number of hydrogen-bond donors (Lipinski definition) is 4. The van der Waals surface area contributed by atoms with Gasteiger partial charge in [0.05, 0.1) is 6.33 Å². The van der Waals surface area contributed by atoms with Crippen molar-refractivity contribution < 1.29 is 14.7 Å². The predicted molar refractivity (Wildman–Crippen MR) is 91.9 cm³/mol. The summed E-state index contributed by atoms with van der Waals surface area (Å²) in [5.74, 6) is -0.108. The van der Waals surface area contributed by atoms with E-state index in [0.717, 1.165) is 25.0 Å². The Kier molecular flexibility index (Phi) is 7.77. The monoisotopic (exact) mass is 358 g/mol.